The summed E-state index contributed by atoms with van der Waals surface area (Å²) in [5.74, 6) is 0.177. The number of hydrogen-bond donors (Lipinski definition) is 2. The van der Waals surface area contributed by atoms with Crippen molar-refractivity contribution in [3.63, 3.8) is 0 Å². The van der Waals surface area contributed by atoms with Crippen LogP contribution in [0.5, 0.6) is 0 Å². The van der Waals surface area contributed by atoms with Gasteiger partial charge in [-0.15, -0.1) is 11.3 Å². The van der Waals surface area contributed by atoms with E-state index in [0.29, 0.717) is 13.0 Å². The van der Waals surface area contributed by atoms with Crippen molar-refractivity contribution in [2.75, 3.05) is 13.2 Å². The Morgan fingerprint density at radius 3 is 2.67 bits per heavy atom. The minimum Gasteiger partial charge on any atom is -0.396 e. The number of aliphatic hydroxyl groups excluding tert-OH is 1. The zero-order valence-corrected chi connectivity index (χ0v) is 14.0. The third kappa shape index (κ3) is 3.86. The summed E-state index contributed by atoms with van der Waals surface area (Å²) in [6, 6.07) is 4.15. The van der Waals surface area contributed by atoms with E-state index in [1.165, 1.54) is 11.3 Å². The predicted molar refractivity (Wildman–Crippen MR) is 87.6 cm³/mol. The van der Waals surface area contributed by atoms with Gasteiger partial charge in [0.2, 0.25) is 5.91 Å². The van der Waals surface area contributed by atoms with Crippen molar-refractivity contribution in [1.29, 1.82) is 0 Å². The van der Waals surface area contributed by atoms with Gasteiger partial charge in [0, 0.05) is 18.0 Å². The molecule has 4 heteroatoms. The molecule has 1 fully saturated rings. The number of aliphatic hydroxyl groups is 1. The molecule has 21 heavy (non-hydrogen) atoms. The largest absolute Gasteiger partial charge is 0.396 e. The van der Waals surface area contributed by atoms with Crippen LogP contribution in [0, 0.1) is 5.41 Å². The van der Waals surface area contributed by atoms with Crippen molar-refractivity contribution in [3.8, 4) is 0 Å². The lowest BCUT2D eigenvalue weighted by Gasteiger charge is -2.36. The zero-order valence-electron chi connectivity index (χ0n) is 13.2. The van der Waals surface area contributed by atoms with Gasteiger partial charge in [-0.05, 0) is 36.1 Å². The fraction of sp³-hybridized carbons (Fsp3) is 0.706. The molecule has 1 aliphatic rings. The van der Waals surface area contributed by atoms with Crippen LogP contribution >= 0.6 is 11.3 Å². The van der Waals surface area contributed by atoms with Gasteiger partial charge in [0.25, 0.3) is 0 Å². The molecular formula is C17H27NO2S. The third-order valence-corrected chi connectivity index (χ3v) is 5.72. The van der Waals surface area contributed by atoms with Gasteiger partial charge in [0.15, 0.2) is 0 Å². The molecule has 0 bridgehead atoms. The second kappa shape index (κ2) is 6.93. The summed E-state index contributed by atoms with van der Waals surface area (Å²) in [5, 5.41) is 14.3. The second-order valence-corrected chi connectivity index (χ2v) is 7.89. The number of nitrogens with one attached hydrogen (secondary N) is 1. The van der Waals surface area contributed by atoms with E-state index in [2.05, 4.69) is 30.6 Å². The van der Waals surface area contributed by atoms with Crippen LogP contribution in [0.3, 0.4) is 0 Å². The lowest BCUT2D eigenvalue weighted by atomic mass is 9.72. The molecule has 1 saturated carbocycles. The van der Waals surface area contributed by atoms with Crippen LogP contribution < -0.4 is 5.32 Å². The molecule has 0 atom stereocenters. The maximum atomic E-state index is 12.9. The quantitative estimate of drug-likeness (QED) is 0.845. The van der Waals surface area contributed by atoms with E-state index in [1.54, 1.807) is 11.3 Å². The lowest BCUT2D eigenvalue weighted by Crippen LogP contribution is -2.47. The van der Waals surface area contributed by atoms with Crippen LogP contribution in [-0.2, 0) is 10.2 Å². The van der Waals surface area contributed by atoms with E-state index in [0.717, 1.165) is 25.7 Å². The number of carbonyl (C=O) groups excluding carboxylic acids is 1. The van der Waals surface area contributed by atoms with Crippen molar-refractivity contribution in [2.24, 2.45) is 5.41 Å². The lowest BCUT2D eigenvalue weighted by molar-refractivity contribution is -0.128. The standard InChI is InChI=1S/C17H27NO2S/c1-16(2,10-11-19)13-18-15(20)17(8-4-3-5-9-17)14-7-6-12-21-14/h6-7,12,19H,3-5,8-11,13H2,1-2H3,(H,18,20). The summed E-state index contributed by atoms with van der Waals surface area (Å²) in [6.07, 6.45) is 6.12. The minimum atomic E-state index is -0.318. The van der Waals surface area contributed by atoms with Gasteiger partial charge in [-0.1, -0.05) is 39.2 Å². The summed E-state index contributed by atoms with van der Waals surface area (Å²) in [4.78, 5) is 14.1. The van der Waals surface area contributed by atoms with Gasteiger partial charge in [-0.25, -0.2) is 0 Å². The molecule has 3 nitrogen and oxygen atoms in total. The molecule has 0 unspecified atom stereocenters. The van der Waals surface area contributed by atoms with Crippen molar-refractivity contribution >= 4 is 17.2 Å². The van der Waals surface area contributed by atoms with E-state index < -0.39 is 0 Å². The molecular weight excluding hydrogens is 282 g/mol. The SMILES string of the molecule is CC(C)(CCO)CNC(=O)C1(c2cccs2)CCCCC1. The maximum absolute atomic E-state index is 12.9. The Balaban J connectivity index is 2.09. The summed E-state index contributed by atoms with van der Waals surface area (Å²) in [7, 11) is 0. The number of thiophene rings is 1. The minimum absolute atomic E-state index is 0.0598. The van der Waals surface area contributed by atoms with E-state index in [9.17, 15) is 4.79 Å². The molecule has 118 valence electrons. The van der Waals surface area contributed by atoms with Crippen molar-refractivity contribution in [1.82, 2.24) is 5.32 Å². The number of amides is 1. The molecule has 0 saturated heterocycles. The average Bonchev–Trinajstić information content (AvgIpc) is 3.00. The second-order valence-electron chi connectivity index (χ2n) is 6.94. The van der Waals surface area contributed by atoms with Crippen LogP contribution in [0.2, 0.25) is 0 Å². The molecule has 1 aromatic heterocycles. The maximum Gasteiger partial charge on any atom is 0.231 e. The normalized spacial score (nSPS) is 18.4. The molecule has 0 spiro atoms. The Morgan fingerprint density at radius 2 is 2.10 bits per heavy atom. The molecule has 2 rings (SSSR count). The first-order valence-electron chi connectivity index (χ1n) is 7.93. The highest BCUT2D eigenvalue weighted by atomic mass is 32.1. The molecule has 1 aromatic rings. The fourth-order valence-corrected chi connectivity index (χ4v) is 4.15. The van der Waals surface area contributed by atoms with Gasteiger partial charge in [0.05, 0.1) is 5.41 Å². The first-order chi connectivity index (χ1) is 10.0. The Bertz CT molecular complexity index is 447. The van der Waals surface area contributed by atoms with Crippen LogP contribution in [0.15, 0.2) is 17.5 Å². The molecule has 0 aromatic carbocycles. The fourth-order valence-electron chi connectivity index (χ4n) is 3.17. The molecule has 2 N–H and O–H groups in total. The summed E-state index contributed by atoms with van der Waals surface area (Å²) < 4.78 is 0. The van der Waals surface area contributed by atoms with E-state index in [1.807, 2.05) is 6.07 Å². The van der Waals surface area contributed by atoms with Crippen LogP contribution in [-0.4, -0.2) is 24.2 Å². The van der Waals surface area contributed by atoms with Gasteiger partial charge >= 0.3 is 0 Å². The number of rotatable bonds is 6. The van der Waals surface area contributed by atoms with Crippen LogP contribution in [0.25, 0.3) is 0 Å². The highest BCUT2D eigenvalue weighted by Gasteiger charge is 2.42. The average molecular weight is 309 g/mol. The van der Waals surface area contributed by atoms with Crippen molar-refractivity contribution in [2.45, 2.75) is 57.8 Å². The Hall–Kier alpha value is -0.870. The first kappa shape index (κ1) is 16.5. The van der Waals surface area contributed by atoms with Crippen molar-refractivity contribution < 1.29 is 9.90 Å². The monoisotopic (exact) mass is 309 g/mol. The third-order valence-electron chi connectivity index (χ3n) is 4.65. The molecule has 0 aliphatic heterocycles. The van der Waals surface area contributed by atoms with Gasteiger partial charge in [-0.3, -0.25) is 4.79 Å². The summed E-state index contributed by atoms with van der Waals surface area (Å²) in [5.41, 5.74) is -0.378. The van der Waals surface area contributed by atoms with Crippen LogP contribution in [0.4, 0.5) is 0 Å². The topological polar surface area (TPSA) is 49.3 Å². The molecule has 1 aliphatic carbocycles. The number of carbonyl (C=O) groups is 1. The molecule has 1 heterocycles. The first-order valence-corrected chi connectivity index (χ1v) is 8.81. The Morgan fingerprint density at radius 1 is 1.38 bits per heavy atom. The van der Waals surface area contributed by atoms with Crippen LogP contribution in [0.1, 0.15) is 57.2 Å². The molecule has 0 radical (unpaired) electrons. The Kier molecular flexibility index (Phi) is 5.44. The van der Waals surface area contributed by atoms with E-state index in [4.69, 9.17) is 5.11 Å². The molecule has 1 amide bonds. The van der Waals surface area contributed by atoms with Gasteiger partial charge in [-0.2, -0.15) is 0 Å². The predicted octanol–water partition coefficient (Wildman–Crippen LogP) is 3.47. The van der Waals surface area contributed by atoms with Gasteiger partial charge in [0.1, 0.15) is 0 Å². The summed E-state index contributed by atoms with van der Waals surface area (Å²) in [6.45, 7) is 4.96. The smallest absolute Gasteiger partial charge is 0.231 e. The van der Waals surface area contributed by atoms with Gasteiger partial charge < -0.3 is 10.4 Å². The van der Waals surface area contributed by atoms with Crippen molar-refractivity contribution in [3.05, 3.63) is 22.4 Å². The highest BCUT2D eigenvalue weighted by molar-refractivity contribution is 7.10. The highest BCUT2D eigenvalue weighted by Crippen LogP contribution is 2.41. The Labute approximate surface area is 131 Å². The number of hydrogen-bond acceptors (Lipinski definition) is 3. The summed E-state index contributed by atoms with van der Waals surface area (Å²) >= 11 is 1.70. The van der Waals surface area contributed by atoms with E-state index >= 15 is 0 Å². The zero-order chi connectivity index (χ0) is 15.3. The van der Waals surface area contributed by atoms with E-state index in [-0.39, 0.29) is 23.3 Å².